The van der Waals surface area contributed by atoms with Crippen molar-refractivity contribution in [3.05, 3.63) is 34.4 Å². The summed E-state index contributed by atoms with van der Waals surface area (Å²) in [5, 5.41) is 5.52. The quantitative estimate of drug-likeness (QED) is 0.817. The largest absolute Gasteiger partial charge is 0.593 e. The van der Waals surface area contributed by atoms with Crippen molar-refractivity contribution in [2.75, 3.05) is 13.1 Å². The second-order valence-electron chi connectivity index (χ2n) is 5.92. The van der Waals surface area contributed by atoms with Crippen molar-refractivity contribution >= 4 is 23.1 Å². The number of nitrogens with zero attached hydrogens (tertiary/aromatic N) is 1. The van der Waals surface area contributed by atoms with Gasteiger partial charge >= 0.3 is 11.2 Å². The number of alkyl halides is 2. The van der Waals surface area contributed by atoms with E-state index in [-0.39, 0.29) is 37.3 Å². The lowest BCUT2D eigenvalue weighted by atomic mass is 9.97. The Bertz CT molecular complexity index is 632. The van der Waals surface area contributed by atoms with Crippen LogP contribution in [-0.4, -0.2) is 44.1 Å². The first-order valence-electron chi connectivity index (χ1n) is 7.51. The Kier molecular flexibility index (Phi) is 5.62. The van der Waals surface area contributed by atoms with E-state index < -0.39 is 29.0 Å². The fourth-order valence-corrected chi connectivity index (χ4v) is 3.91. The van der Waals surface area contributed by atoms with E-state index in [0.717, 1.165) is 4.31 Å². The number of halogens is 2. The first kappa shape index (κ1) is 18.8. The average Bonchev–Trinajstić information content (AvgIpc) is 2.50. The Morgan fingerprint density at radius 1 is 1.29 bits per heavy atom. The topological polar surface area (TPSA) is 80.7 Å². The van der Waals surface area contributed by atoms with Gasteiger partial charge in [-0.1, -0.05) is 0 Å². The number of piperidine rings is 1. The van der Waals surface area contributed by atoms with Crippen molar-refractivity contribution in [1.82, 2.24) is 4.31 Å². The predicted molar refractivity (Wildman–Crippen MR) is 85.5 cm³/mol. The zero-order valence-corrected chi connectivity index (χ0v) is 14.3. The molecule has 1 aliphatic rings. The molecule has 1 saturated heterocycles. The van der Waals surface area contributed by atoms with Crippen molar-refractivity contribution in [2.45, 2.75) is 38.4 Å². The molecule has 0 aromatic heterocycles. The Labute approximate surface area is 142 Å². The summed E-state index contributed by atoms with van der Waals surface area (Å²) in [5.41, 5.74) is 1.19. The van der Waals surface area contributed by atoms with Gasteiger partial charge in [0.25, 0.3) is 0 Å². The summed E-state index contributed by atoms with van der Waals surface area (Å²) in [7, 11) is 0. The molecule has 5 nitrogen and oxygen atoms in total. The number of hydrogen-bond acceptors (Lipinski definition) is 4. The van der Waals surface area contributed by atoms with Gasteiger partial charge in [-0.05, 0) is 42.7 Å². The van der Waals surface area contributed by atoms with Crippen molar-refractivity contribution in [3.8, 4) is 0 Å². The molecule has 0 aliphatic carbocycles. The highest BCUT2D eigenvalue weighted by Gasteiger charge is 2.49. The molecular weight excluding hydrogens is 340 g/mol. The standard InChI is InChI=1S/C16H19F2NO4S/c1-10-7-12(15(21)22)8-11(2)14(10)9-16(17,18)24(23)19-5-3-13(20)4-6-19/h7-8H,3-6,9H2,1-2H3,(H,21,22). The molecule has 2 rings (SSSR count). The molecule has 132 valence electrons. The molecule has 1 aliphatic heterocycles. The molecule has 1 N–H and O–H groups in total. The third-order valence-electron chi connectivity index (χ3n) is 4.10. The van der Waals surface area contributed by atoms with Crippen LogP contribution in [0.1, 0.15) is 39.9 Å². The van der Waals surface area contributed by atoms with Crippen molar-refractivity contribution < 1.29 is 28.0 Å². The predicted octanol–water partition coefficient (Wildman–Crippen LogP) is 2.47. The third kappa shape index (κ3) is 4.12. The molecule has 0 saturated carbocycles. The summed E-state index contributed by atoms with van der Waals surface area (Å²) in [6.07, 6.45) is -0.470. The molecule has 0 bridgehead atoms. The highest BCUT2D eigenvalue weighted by Crippen LogP contribution is 2.33. The van der Waals surface area contributed by atoms with E-state index in [1.54, 1.807) is 13.8 Å². The smallest absolute Gasteiger partial charge is 0.429 e. The number of Topliss-reactive ketones (excluding diaryl/α,β-unsaturated/α-hetero) is 1. The van der Waals surface area contributed by atoms with Crippen LogP contribution >= 0.6 is 0 Å². The number of hydrogen-bond donors (Lipinski definition) is 1. The Morgan fingerprint density at radius 2 is 1.79 bits per heavy atom. The van der Waals surface area contributed by atoms with Gasteiger partial charge < -0.3 is 9.66 Å². The van der Waals surface area contributed by atoms with Gasteiger partial charge in [0, 0.05) is 12.8 Å². The Balaban J connectivity index is 2.19. The molecule has 1 unspecified atom stereocenters. The first-order chi connectivity index (χ1) is 11.1. The van der Waals surface area contributed by atoms with E-state index >= 15 is 0 Å². The van der Waals surface area contributed by atoms with Crippen molar-refractivity contribution in [1.29, 1.82) is 0 Å². The summed E-state index contributed by atoms with van der Waals surface area (Å²) < 4.78 is 42.3. The Morgan fingerprint density at radius 3 is 2.25 bits per heavy atom. The van der Waals surface area contributed by atoms with Gasteiger partial charge in [0.15, 0.2) is 0 Å². The SMILES string of the molecule is Cc1cc(C(=O)O)cc(C)c1CC(F)(F)[S+]([O-])N1CCC(=O)CC1. The zero-order chi connectivity index (χ0) is 18.1. The maximum Gasteiger partial charge on any atom is 0.429 e. The van der Waals surface area contributed by atoms with E-state index in [1.807, 2.05) is 0 Å². The van der Waals surface area contributed by atoms with Crippen LogP contribution < -0.4 is 0 Å². The number of carboxylic acids is 1. The van der Waals surface area contributed by atoms with E-state index in [4.69, 9.17) is 5.11 Å². The summed E-state index contributed by atoms with van der Waals surface area (Å²) in [5.74, 6) is -1.14. The first-order valence-corrected chi connectivity index (χ1v) is 8.62. The van der Waals surface area contributed by atoms with Crippen LogP contribution in [0.5, 0.6) is 0 Å². The summed E-state index contributed by atoms with van der Waals surface area (Å²) in [4.78, 5) is 22.2. The van der Waals surface area contributed by atoms with Crippen LogP contribution in [-0.2, 0) is 22.6 Å². The summed E-state index contributed by atoms with van der Waals surface area (Å²) >= 11 is -2.53. The number of carbonyl (C=O) groups is 2. The molecular formula is C16H19F2NO4S. The molecule has 8 heteroatoms. The molecule has 0 spiro atoms. The molecule has 0 amide bonds. The van der Waals surface area contributed by atoms with Gasteiger partial charge in [-0.25, -0.2) is 4.79 Å². The second-order valence-corrected chi connectivity index (χ2v) is 7.54. The maximum atomic E-state index is 14.5. The van der Waals surface area contributed by atoms with E-state index in [1.165, 1.54) is 12.1 Å². The monoisotopic (exact) mass is 359 g/mol. The van der Waals surface area contributed by atoms with Gasteiger partial charge in [0.05, 0.1) is 25.1 Å². The molecule has 1 atom stereocenters. The van der Waals surface area contributed by atoms with Gasteiger partial charge in [0.2, 0.25) is 0 Å². The van der Waals surface area contributed by atoms with E-state index in [9.17, 15) is 22.9 Å². The van der Waals surface area contributed by atoms with Gasteiger partial charge in [0.1, 0.15) is 17.1 Å². The second kappa shape index (κ2) is 7.16. The van der Waals surface area contributed by atoms with Crippen LogP contribution in [0.4, 0.5) is 8.78 Å². The number of benzene rings is 1. The fraction of sp³-hybridized carbons (Fsp3) is 0.500. The van der Waals surface area contributed by atoms with Crippen LogP contribution in [0.15, 0.2) is 12.1 Å². The van der Waals surface area contributed by atoms with Crippen LogP contribution in [0, 0.1) is 13.8 Å². The minimum absolute atomic E-state index is 0.0116. The lowest BCUT2D eigenvalue weighted by Crippen LogP contribution is -2.47. The van der Waals surface area contributed by atoms with Crippen LogP contribution in [0.2, 0.25) is 0 Å². The zero-order valence-electron chi connectivity index (χ0n) is 13.5. The highest BCUT2D eigenvalue weighted by atomic mass is 32.2. The van der Waals surface area contributed by atoms with E-state index in [2.05, 4.69) is 0 Å². The number of carboxylic acid groups (broad SMARTS) is 1. The van der Waals surface area contributed by atoms with Crippen molar-refractivity contribution in [2.24, 2.45) is 0 Å². The van der Waals surface area contributed by atoms with Crippen molar-refractivity contribution in [3.63, 3.8) is 0 Å². The fourth-order valence-electron chi connectivity index (χ4n) is 2.75. The van der Waals surface area contributed by atoms with Crippen LogP contribution in [0.25, 0.3) is 0 Å². The lowest BCUT2D eigenvalue weighted by molar-refractivity contribution is -0.120. The minimum Gasteiger partial charge on any atom is -0.593 e. The van der Waals surface area contributed by atoms with Gasteiger partial charge in [-0.2, -0.15) is 8.78 Å². The third-order valence-corrected chi connectivity index (χ3v) is 5.59. The minimum atomic E-state index is -3.49. The number of carbonyl (C=O) groups excluding carboxylic acids is 1. The molecule has 1 fully saturated rings. The molecule has 1 aromatic rings. The highest BCUT2D eigenvalue weighted by molar-refractivity contribution is 7.90. The molecule has 24 heavy (non-hydrogen) atoms. The number of ketones is 1. The lowest BCUT2D eigenvalue weighted by Gasteiger charge is -2.31. The number of aryl methyl sites for hydroxylation is 2. The van der Waals surface area contributed by atoms with E-state index in [0.29, 0.717) is 16.7 Å². The van der Waals surface area contributed by atoms with Crippen LogP contribution in [0.3, 0.4) is 0 Å². The number of aromatic carboxylic acids is 1. The molecule has 1 heterocycles. The molecule has 0 radical (unpaired) electrons. The molecule has 1 aromatic carbocycles. The normalized spacial score (nSPS) is 17.8. The average molecular weight is 359 g/mol. The Hall–Kier alpha value is -1.51. The summed E-state index contributed by atoms with van der Waals surface area (Å²) in [6, 6.07) is 2.67. The van der Waals surface area contributed by atoms with Gasteiger partial charge in [-0.3, -0.25) is 4.79 Å². The van der Waals surface area contributed by atoms with Gasteiger partial charge in [-0.15, -0.1) is 4.31 Å². The maximum absolute atomic E-state index is 14.5. The summed E-state index contributed by atoms with van der Waals surface area (Å²) in [6.45, 7) is 3.26. The number of rotatable bonds is 5.